The van der Waals surface area contributed by atoms with Gasteiger partial charge in [0.15, 0.2) is 0 Å². The van der Waals surface area contributed by atoms with Gasteiger partial charge in [0.2, 0.25) is 10.0 Å². The number of sulfonamides is 1. The number of benzene rings is 2. The summed E-state index contributed by atoms with van der Waals surface area (Å²) in [7, 11) is -3.85. The molecule has 0 saturated heterocycles. The maximum absolute atomic E-state index is 12.6. The number of nitrogens with one attached hydrogen (secondary N) is 2. The van der Waals surface area contributed by atoms with Crippen LogP contribution in [0.5, 0.6) is 0 Å². The van der Waals surface area contributed by atoms with Gasteiger partial charge in [0.1, 0.15) is 0 Å². The average molecular weight is 361 g/mol. The number of hydrogen-bond acceptors (Lipinski definition) is 5. The lowest BCUT2D eigenvalue weighted by Crippen LogP contribution is -2.24. The summed E-state index contributed by atoms with van der Waals surface area (Å²) in [6.45, 7) is 4.96. The van der Waals surface area contributed by atoms with Gasteiger partial charge in [-0.3, -0.25) is 10.1 Å². The lowest BCUT2D eigenvalue weighted by molar-refractivity contribution is -0.385. The molecule has 0 saturated carbocycles. The Kier molecular flexibility index (Phi) is 4.59. The number of fused-ring (bicyclic) bond motifs is 1. The first kappa shape index (κ1) is 17.5. The van der Waals surface area contributed by atoms with Crippen molar-refractivity contribution in [3.63, 3.8) is 0 Å². The van der Waals surface area contributed by atoms with E-state index in [0.29, 0.717) is 11.1 Å². The van der Waals surface area contributed by atoms with Gasteiger partial charge in [-0.25, -0.2) is 13.1 Å². The molecule has 0 bridgehead atoms. The number of nitro benzene ring substituents is 1. The molecule has 0 amide bonds. The molecule has 3 rings (SSSR count). The van der Waals surface area contributed by atoms with Gasteiger partial charge in [-0.15, -0.1) is 0 Å². The van der Waals surface area contributed by atoms with Gasteiger partial charge in [0.05, 0.1) is 9.82 Å². The first-order chi connectivity index (χ1) is 11.8. The van der Waals surface area contributed by atoms with Crippen molar-refractivity contribution in [3.8, 4) is 0 Å². The molecular formula is C17H19N3O4S. The Balaban J connectivity index is 1.85. The zero-order valence-electron chi connectivity index (χ0n) is 14.0. The molecule has 0 aromatic heterocycles. The quantitative estimate of drug-likeness (QED) is 0.628. The number of rotatable bonds is 5. The van der Waals surface area contributed by atoms with Crippen LogP contribution in [0, 0.1) is 24.0 Å². The van der Waals surface area contributed by atoms with Crippen molar-refractivity contribution in [2.45, 2.75) is 38.4 Å². The van der Waals surface area contributed by atoms with Crippen molar-refractivity contribution in [2.75, 3.05) is 0 Å². The Labute approximate surface area is 146 Å². The maximum Gasteiger partial charge on any atom is 0.273 e. The summed E-state index contributed by atoms with van der Waals surface area (Å²) in [6.07, 6.45) is 0. The lowest BCUT2D eigenvalue weighted by atomic mass is 10.1. The van der Waals surface area contributed by atoms with Gasteiger partial charge in [0.25, 0.3) is 5.69 Å². The van der Waals surface area contributed by atoms with Crippen molar-refractivity contribution >= 4 is 15.7 Å². The highest BCUT2D eigenvalue weighted by Crippen LogP contribution is 2.26. The second-order valence-corrected chi connectivity index (χ2v) is 7.93. The molecule has 1 aliphatic heterocycles. The van der Waals surface area contributed by atoms with Gasteiger partial charge in [-0.05, 0) is 42.2 Å². The Morgan fingerprint density at radius 1 is 1.12 bits per heavy atom. The van der Waals surface area contributed by atoms with E-state index < -0.39 is 14.9 Å². The predicted molar refractivity (Wildman–Crippen MR) is 93.6 cm³/mol. The Bertz CT molecular complexity index is 955. The third-order valence-electron chi connectivity index (χ3n) is 4.35. The van der Waals surface area contributed by atoms with E-state index in [1.807, 2.05) is 18.2 Å². The molecule has 1 aliphatic rings. The standard InChI is InChI=1S/C17H19N3O4S/c1-11-5-12(2)17(7-16(11)20(21)22)25(23,24)19-8-13-3-4-14-9-18-10-15(14)6-13/h3-7,18-19H,8-10H2,1-2H3. The molecule has 0 radical (unpaired) electrons. The molecule has 25 heavy (non-hydrogen) atoms. The minimum absolute atomic E-state index is 0.0624. The molecule has 132 valence electrons. The summed E-state index contributed by atoms with van der Waals surface area (Å²) in [6, 6.07) is 8.50. The van der Waals surface area contributed by atoms with Crippen LogP contribution in [0.1, 0.15) is 27.8 Å². The minimum atomic E-state index is -3.85. The first-order valence-electron chi connectivity index (χ1n) is 7.84. The van der Waals surface area contributed by atoms with E-state index in [0.717, 1.165) is 24.7 Å². The van der Waals surface area contributed by atoms with Crippen molar-refractivity contribution in [2.24, 2.45) is 0 Å². The van der Waals surface area contributed by atoms with Crippen molar-refractivity contribution in [3.05, 3.63) is 68.3 Å². The Hall–Kier alpha value is -2.29. The van der Waals surface area contributed by atoms with E-state index in [9.17, 15) is 18.5 Å². The summed E-state index contributed by atoms with van der Waals surface area (Å²) in [5.41, 5.74) is 3.96. The van der Waals surface area contributed by atoms with E-state index >= 15 is 0 Å². The maximum atomic E-state index is 12.6. The summed E-state index contributed by atoms with van der Waals surface area (Å²) in [5.74, 6) is 0. The van der Waals surface area contributed by atoms with E-state index in [1.165, 1.54) is 17.2 Å². The zero-order chi connectivity index (χ0) is 18.2. The van der Waals surface area contributed by atoms with Gasteiger partial charge in [-0.1, -0.05) is 18.2 Å². The lowest BCUT2D eigenvalue weighted by Gasteiger charge is -2.11. The Morgan fingerprint density at radius 2 is 1.84 bits per heavy atom. The minimum Gasteiger partial charge on any atom is -0.309 e. The fraction of sp³-hybridized carbons (Fsp3) is 0.294. The zero-order valence-corrected chi connectivity index (χ0v) is 14.8. The smallest absolute Gasteiger partial charge is 0.273 e. The van der Waals surface area contributed by atoms with Gasteiger partial charge >= 0.3 is 0 Å². The molecule has 0 aliphatic carbocycles. The topological polar surface area (TPSA) is 101 Å². The normalized spacial score (nSPS) is 13.7. The molecule has 0 fully saturated rings. The van der Waals surface area contributed by atoms with Gasteiger partial charge in [0, 0.05) is 31.3 Å². The van der Waals surface area contributed by atoms with Crippen LogP contribution < -0.4 is 10.0 Å². The van der Waals surface area contributed by atoms with Crippen LogP contribution in [0.4, 0.5) is 5.69 Å². The van der Waals surface area contributed by atoms with E-state index in [2.05, 4.69) is 10.0 Å². The van der Waals surface area contributed by atoms with E-state index in [1.54, 1.807) is 13.8 Å². The fourth-order valence-corrected chi connectivity index (χ4v) is 4.28. The van der Waals surface area contributed by atoms with Crippen LogP contribution in [0.15, 0.2) is 35.2 Å². The number of nitrogens with zero attached hydrogens (tertiary/aromatic N) is 1. The summed E-state index contributed by atoms with van der Waals surface area (Å²) in [5, 5.41) is 14.3. The molecule has 0 spiro atoms. The van der Waals surface area contributed by atoms with Crippen LogP contribution >= 0.6 is 0 Å². The molecule has 1 heterocycles. The highest BCUT2D eigenvalue weighted by molar-refractivity contribution is 7.89. The number of nitro groups is 1. The first-order valence-corrected chi connectivity index (χ1v) is 9.33. The van der Waals surface area contributed by atoms with E-state index in [4.69, 9.17) is 0 Å². The predicted octanol–water partition coefficient (Wildman–Crippen LogP) is 2.29. The van der Waals surface area contributed by atoms with Crippen LogP contribution in [0.2, 0.25) is 0 Å². The molecule has 0 unspecified atom stereocenters. The SMILES string of the molecule is Cc1cc(C)c(S(=O)(=O)NCc2ccc3c(c2)CNC3)cc1[N+](=O)[O-]. The third kappa shape index (κ3) is 3.55. The second kappa shape index (κ2) is 6.55. The van der Waals surface area contributed by atoms with Gasteiger partial charge < -0.3 is 5.32 Å². The second-order valence-electron chi connectivity index (χ2n) is 6.19. The van der Waals surface area contributed by atoms with Crippen LogP contribution in [-0.4, -0.2) is 13.3 Å². The summed E-state index contributed by atoms with van der Waals surface area (Å²) in [4.78, 5) is 10.5. The molecule has 0 atom stereocenters. The molecule has 2 aromatic rings. The molecule has 2 aromatic carbocycles. The van der Waals surface area contributed by atoms with Crippen LogP contribution in [0.25, 0.3) is 0 Å². The molecule has 8 heteroatoms. The Morgan fingerprint density at radius 3 is 2.56 bits per heavy atom. The van der Waals surface area contributed by atoms with Gasteiger partial charge in [-0.2, -0.15) is 0 Å². The fourth-order valence-electron chi connectivity index (χ4n) is 3.02. The molecule has 7 nitrogen and oxygen atoms in total. The highest BCUT2D eigenvalue weighted by Gasteiger charge is 2.22. The summed E-state index contributed by atoms with van der Waals surface area (Å²) >= 11 is 0. The van der Waals surface area contributed by atoms with Crippen molar-refractivity contribution < 1.29 is 13.3 Å². The van der Waals surface area contributed by atoms with Crippen molar-refractivity contribution in [1.29, 1.82) is 0 Å². The van der Waals surface area contributed by atoms with Crippen LogP contribution in [-0.2, 0) is 29.7 Å². The highest BCUT2D eigenvalue weighted by atomic mass is 32.2. The number of aryl methyl sites for hydroxylation is 2. The summed E-state index contributed by atoms with van der Waals surface area (Å²) < 4.78 is 27.7. The molecular weight excluding hydrogens is 342 g/mol. The monoisotopic (exact) mass is 361 g/mol. The average Bonchev–Trinajstić information content (AvgIpc) is 3.00. The third-order valence-corrected chi connectivity index (χ3v) is 5.89. The number of hydrogen-bond donors (Lipinski definition) is 2. The largest absolute Gasteiger partial charge is 0.309 e. The van der Waals surface area contributed by atoms with E-state index in [-0.39, 0.29) is 17.1 Å². The van der Waals surface area contributed by atoms with Crippen LogP contribution in [0.3, 0.4) is 0 Å². The molecule has 2 N–H and O–H groups in total. The van der Waals surface area contributed by atoms with Crippen molar-refractivity contribution in [1.82, 2.24) is 10.0 Å².